The lowest BCUT2D eigenvalue weighted by atomic mass is 9.99. The molecule has 1 fully saturated rings. The summed E-state index contributed by atoms with van der Waals surface area (Å²) in [4.78, 5) is 23.3. The van der Waals surface area contributed by atoms with Crippen LogP contribution in [0, 0.1) is 19.8 Å². The van der Waals surface area contributed by atoms with Crippen LogP contribution in [0.1, 0.15) is 28.9 Å². The fourth-order valence-corrected chi connectivity index (χ4v) is 4.06. The fourth-order valence-electron chi connectivity index (χ4n) is 4.06. The highest BCUT2D eigenvalue weighted by atomic mass is 16.1. The van der Waals surface area contributed by atoms with Crippen LogP contribution in [0.5, 0.6) is 0 Å². The second-order valence-corrected chi connectivity index (χ2v) is 7.38. The number of hydrogen-bond donors (Lipinski definition) is 0. The number of anilines is 1. The maximum Gasteiger partial charge on any atom is 0.267 e. The smallest absolute Gasteiger partial charge is 0.267 e. The van der Waals surface area contributed by atoms with E-state index in [4.69, 9.17) is 0 Å². The van der Waals surface area contributed by atoms with E-state index in [-0.39, 0.29) is 5.56 Å². The average Bonchev–Trinajstić information content (AvgIpc) is 3.21. The van der Waals surface area contributed by atoms with Crippen LogP contribution < -0.4 is 10.5 Å². The molecule has 1 aliphatic heterocycles. The van der Waals surface area contributed by atoms with Crippen molar-refractivity contribution in [3.05, 3.63) is 45.3 Å². The topological polar surface area (TPSA) is 81.2 Å². The zero-order valence-electron chi connectivity index (χ0n) is 15.0. The van der Waals surface area contributed by atoms with Gasteiger partial charge in [0.25, 0.3) is 11.3 Å². The summed E-state index contributed by atoms with van der Waals surface area (Å²) in [6.07, 6.45) is 4.63. The SMILES string of the molecule is Cc1nc2ncnn2c(N2CC(Cn3nc4c(cc3=O)CCC4)C2)c1C. The Labute approximate surface area is 150 Å². The third kappa shape index (κ3) is 2.32. The Morgan fingerprint density at radius 3 is 2.92 bits per heavy atom. The number of aryl methyl sites for hydroxylation is 3. The molecule has 0 saturated carbocycles. The lowest BCUT2D eigenvalue weighted by Crippen LogP contribution is -2.51. The predicted octanol–water partition coefficient (Wildman–Crippen LogP) is 0.923. The molecule has 0 radical (unpaired) electrons. The van der Waals surface area contributed by atoms with Crippen molar-refractivity contribution in [2.24, 2.45) is 5.92 Å². The van der Waals surface area contributed by atoms with E-state index in [2.05, 4.69) is 32.0 Å². The second-order valence-electron chi connectivity index (χ2n) is 7.38. The Balaban J connectivity index is 1.37. The molecule has 3 aromatic heterocycles. The molecule has 0 amide bonds. The van der Waals surface area contributed by atoms with E-state index in [0.29, 0.717) is 18.2 Å². The van der Waals surface area contributed by atoms with Crippen molar-refractivity contribution in [3.63, 3.8) is 0 Å². The van der Waals surface area contributed by atoms with E-state index >= 15 is 0 Å². The maximum atomic E-state index is 12.3. The van der Waals surface area contributed by atoms with Gasteiger partial charge in [0.05, 0.1) is 12.2 Å². The summed E-state index contributed by atoms with van der Waals surface area (Å²) in [5.41, 5.74) is 4.36. The van der Waals surface area contributed by atoms with Gasteiger partial charge in [-0.2, -0.15) is 19.7 Å². The van der Waals surface area contributed by atoms with Crippen molar-refractivity contribution in [2.45, 2.75) is 39.7 Å². The Kier molecular flexibility index (Phi) is 3.35. The molecule has 0 unspecified atom stereocenters. The van der Waals surface area contributed by atoms with Crippen molar-refractivity contribution >= 4 is 11.6 Å². The standard InChI is InChI=1S/C18H21N7O/c1-11-12(2)21-18-19-10-20-25(18)17(11)23-7-13(8-23)9-24-16(26)6-14-4-3-5-15(14)22-24/h6,10,13H,3-5,7-9H2,1-2H3. The molecule has 0 N–H and O–H groups in total. The minimum Gasteiger partial charge on any atom is -0.355 e. The molecule has 1 saturated heterocycles. The molecule has 8 nitrogen and oxygen atoms in total. The molecule has 1 aliphatic carbocycles. The first kappa shape index (κ1) is 15.5. The second kappa shape index (κ2) is 5.62. The molecule has 0 spiro atoms. The van der Waals surface area contributed by atoms with Crippen molar-refractivity contribution < 1.29 is 0 Å². The highest BCUT2D eigenvalue weighted by molar-refractivity contribution is 5.55. The summed E-state index contributed by atoms with van der Waals surface area (Å²) < 4.78 is 3.46. The van der Waals surface area contributed by atoms with E-state index in [9.17, 15) is 4.79 Å². The van der Waals surface area contributed by atoms with E-state index in [0.717, 1.165) is 60.7 Å². The highest BCUT2D eigenvalue weighted by Gasteiger charge is 2.31. The van der Waals surface area contributed by atoms with Crippen LogP contribution in [0.2, 0.25) is 0 Å². The first-order valence-electron chi connectivity index (χ1n) is 9.12. The molecule has 0 atom stereocenters. The molecule has 5 rings (SSSR count). The van der Waals surface area contributed by atoms with Gasteiger partial charge in [-0.3, -0.25) is 4.79 Å². The van der Waals surface area contributed by atoms with Gasteiger partial charge >= 0.3 is 0 Å². The Bertz CT molecular complexity index is 1060. The summed E-state index contributed by atoms with van der Waals surface area (Å²) in [6.45, 7) is 6.50. The van der Waals surface area contributed by atoms with Crippen molar-refractivity contribution in [3.8, 4) is 0 Å². The summed E-state index contributed by atoms with van der Waals surface area (Å²) in [7, 11) is 0. The molecule has 0 bridgehead atoms. The monoisotopic (exact) mass is 351 g/mol. The van der Waals surface area contributed by atoms with Crippen molar-refractivity contribution in [1.29, 1.82) is 0 Å². The Morgan fingerprint density at radius 1 is 1.23 bits per heavy atom. The normalized spacial score (nSPS) is 16.9. The summed E-state index contributed by atoms with van der Waals surface area (Å²) in [5, 5.41) is 8.91. The van der Waals surface area contributed by atoms with Crippen LogP contribution in [0.25, 0.3) is 5.78 Å². The minimum absolute atomic E-state index is 0.0266. The molecule has 26 heavy (non-hydrogen) atoms. The number of fused-ring (bicyclic) bond motifs is 2. The van der Waals surface area contributed by atoms with Crippen LogP contribution in [-0.2, 0) is 19.4 Å². The van der Waals surface area contributed by atoms with Crippen LogP contribution >= 0.6 is 0 Å². The predicted molar refractivity (Wildman–Crippen MR) is 96.5 cm³/mol. The van der Waals surface area contributed by atoms with Crippen molar-refractivity contribution in [1.82, 2.24) is 29.4 Å². The maximum absolute atomic E-state index is 12.3. The summed E-state index contributed by atoms with van der Waals surface area (Å²) in [5.74, 6) is 2.09. The number of nitrogens with zero attached hydrogens (tertiary/aromatic N) is 7. The van der Waals surface area contributed by atoms with Gasteiger partial charge < -0.3 is 4.90 Å². The quantitative estimate of drug-likeness (QED) is 0.698. The summed E-state index contributed by atoms with van der Waals surface area (Å²) in [6, 6.07) is 1.78. The third-order valence-electron chi connectivity index (χ3n) is 5.59. The molecule has 0 aromatic carbocycles. The van der Waals surface area contributed by atoms with E-state index in [1.165, 1.54) is 6.33 Å². The fraction of sp³-hybridized carbons (Fsp3) is 0.500. The van der Waals surface area contributed by atoms with Crippen molar-refractivity contribution in [2.75, 3.05) is 18.0 Å². The number of hydrogen-bond acceptors (Lipinski definition) is 6. The molecule has 8 heteroatoms. The van der Waals surface area contributed by atoms with Gasteiger partial charge in [0, 0.05) is 36.3 Å². The number of aromatic nitrogens is 6. The largest absolute Gasteiger partial charge is 0.355 e. The van der Waals surface area contributed by atoms with E-state index in [1.54, 1.807) is 15.3 Å². The van der Waals surface area contributed by atoms with E-state index in [1.807, 2.05) is 6.92 Å². The average molecular weight is 351 g/mol. The van der Waals surface area contributed by atoms with Gasteiger partial charge in [0.2, 0.25) is 0 Å². The van der Waals surface area contributed by atoms with Gasteiger partial charge in [0.1, 0.15) is 12.1 Å². The minimum atomic E-state index is 0.0266. The lowest BCUT2D eigenvalue weighted by molar-refractivity contribution is 0.329. The molecular formula is C18H21N7O. The van der Waals surface area contributed by atoms with Gasteiger partial charge in [0.15, 0.2) is 0 Å². The van der Waals surface area contributed by atoms with Gasteiger partial charge in [-0.25, -0.2) is 9.67 Å². The molecular weight excluding hydrogens is 330 g/mol. The van der Waals surface area contributed by atoms with Gasteiger partial charge in [-0.1, -0.05) is 0 Å². The van der Waals surface area contributed by atoms with Gasteiger partial charge in [-0.15, -0.1) is 0 Å². The van der Waals surface area contributed by atoms with Gasteiger partial charge in [-0.05, 0) is 38.7 Å². The molecule has 134 valence electrons. The first-order chi connectivity index (χ1) is 12.6. The summed E-state index contributed by atoms with van der Waals surface area (Å²) >= 11 is 0. The van der Waals surface area contributed by atoms with E-state index < -0.39 is 0 Å². The van der Waals surface area contributed by atoms with Crippen LogP contribution in [-0.4, -0.2) is 42.5 Å². The van der Waals surface area contributed by atoms with Crippen LogP contribution in [0.4, 0.5) is 5.82 Å². The third-order valence-corrected chi connectivity index (χ3v) is 5.59. The molecule has 2 aliphatic rings. The Hall–Kier alpha value is -2.77. The highest BCUT2D eigenvalue weighted by Crippen LogP contribution is 2.29. The van der Waals surface area contributed by atoms with Crippen LogP contribution in [0.15, 0.2) is 17.2 Å². The molecule has 3 aromatic rings. The zero-order chi connectivity index (χ0) is 17.8. The Morgan fingerprint density at radius 2 is 2.08 bits per heavy atom. The molecule has 4 heterocycles. The zero-order valence-corrected chi connectivity index (χ0v) is 15.0. The first-order valence-corrected chi connectivity index (χ1v) is 9.12. The van der Waals surface area contributed by atoms with Crippen LogP contribution in [0.3, 0.4) is 0 Å². The number of rotatable bonds is 3. The lowest BCUT2D eigenvalue weighted by Gasteiger charge is -2.41.